The summed E-state index contributed by atoms with van der Waals surface area (Å²) in [4.78, 5) is 30.2. The molecule has 2 amide bonds. The van der Waals surface area contributed by atoms with Crippen molar-refractivity contribution in [2.75, 3.05) is 19.6 Å². The molecule has 0 spiro atoms. The predicted molar refractivity (Wildman–Crippen MR) is 110 cm³/mol. The Bertz CT molecular complexity index is 825. The molecule has 4 nitrogen and oxygen atoms in total. The van der Waals surface area contributed by atoms with Crippen molar-refractivity contribution in [3.05, 3.63) is 69.9 Å². The fourth-order valence-electron chi connectivity index (χ4n) is 3.58. The van der Waals surface area contributed by atoms with Crippen LogP contribution in [0.25, 0.3) is 0 Å². The van der Waals surface area contributed by atoms with Crippen LogP contribution in [0.15, 0.2) is 48.4 Å². The topological polar surface area (TPSA) is 40.6 Å². The second-order valence-corrected chi connectivity index (χ2v) is 7.87. The first-order chi connectivity index (χ1) is 13.0. The van der Waals surface area contributed by atoms with E-state index in [1.165, 1.54) is 16.0 Å². The molecule has 1 aliphatic rings. The summed E-state index contributed by atoms with van der Waals surface area (Å²) in [6.45, 7) is 8.76. The summed E-state index contributed by atoms with van der Waals surface area (Å²) in [5.41, 5.74) is 3.52. The van der Waals surface area contributed by atoms with Gasteiger partial charge >= 0.3 is 0 Å². The minimum absolute atomic E-state index is 0.0129. The second-order valence-electron chi connectivity index (χ2n) is 6.87. The normalized spacial score (nSPS) is 15.9. The first-order valence-electron chi connectivity index (χ1n) is 9.36. The van der Waals surface area contributed by atoms with E-state index in [0.29, 0.717) is 19.5 Å². The number of carbonyl (C=O) groups is 2. The van der Waals surface area contributed by atoms with Gasteiger partial charge in [0.1, 0.15) is 6.54 Å². The molecule has 0 saturated carbocycles. The lowest BCUT2D eigenvalue weighted by molar-refractivity contribution is -0.141. The monoisotopic (exact) mass is 382 g/mol. The molecule has 142 valence electrons. The number of hydrogen-bond acceptors (Lipinski definition) is 3. The molecular weight excluding hydrogens is 356 g/mol. The third-order valence-electron chi connectivity index (χ3n) is 5.01. The van der Waals surface area contributed by atoms with E-state index in [4.69, 9.17) is 0 Å². The van der Waals surface area contributed by atoms with Gasteiger partial charge in [0.2, 0.25) is 11.8 Å². The van der Waals surface area contributed by atoms with Crippen LogP contribution in [0.1, 0.15) is 41.0 Å². The van der Waals surface area contributed by atoms with Gasteiger partial charge in [0, 0.05) is 24.4 Å². The fraction of sp³-hybridized carbons (Fsp3) is 0.364. The van der Waals surface area contributed by atoms with Gasteiger partial charge in [-0.2, -0.15) is 0 Å². The molecule has 0 N–H and O–H groups in total. The van der Waals surface area contributed by atoms with Crippen molar-refractivity contribution in [2.24, 2.45) is 0 Å². The van der Waals surface area contributed by atoms with Gasteiger partial charge < -0.3 is 9.80 Å². The van der Waals surface area contributed by atoms with Crippen LogP contribution in [0.5, 0.6) is 0 Å². The largest absolute Gasteiger partial charge is 0.330 e. The molecule has 2 aromatic rings. The Morgan fingerprint density at radius 1 is 1.30 bits per heavy atom. The molecule has 1 aliphatic heterocycles. The quantitative estimate of drug-likeness (QED) is 0.710. The van der Waals surface area contributed by atoms with E-state index in [-0.39, 0.29) is 24.4 Å². The van der Waals surface area contributed by atoms with Crippen LogP contribution in [-0.4, -0.2) is 41.2 Å². The van der Waals surface area contributed by atoms with Crippen molar-refractivity contribution < 1.29 is 9.59 Å². The van der Waals surface area contributed by atoms with E-state index in [2.05, 4.69) is 49.2 Å². The zero-order valence-corrected chi connectivity index (χ0v) is 16.8. The molecule has 0 aliphatic carbocycles. The zero-order valence-electron chi connectivity index (χ0n) is 16.0. The summed E-state index contributed by atoms with van der Waals surface area (Å²) in [5.74, 6) is -0.0376. The number of thiophene rings is 1. The molecule has 0 fully saturated rings. The molecule has 0 bridgehead atoms. The summed E-state index contributed by atoms with van der Waals surface area (Å²) < 4.78 is 0. The number of rotatable bonds is 6. The van der Waals surface area contributed by atoms with Gasteiger partial charge in [-0.1, -0.05) is 42.8 Å². The smallest absolute Gasteiger partial charge is 0.243 e. The molecule has 27 heavy (non-hydrogen) atoms. The summed E-state index contributed by atoms with van der Waals surface area (Å²) in [5, 5.41) is 2.10. The fourth-order valence-corrected chi connectivity index (χ4v) is 4.49. The number of aryl methyl sites for hydroxylation is 1. The molecular formula is C22H26N2O2S. The van der Waals surface area contributed by atoms with Gasteiger partial charge in [-0.3, -0.25) is 9.59 Å². The zero-order chi connectivity index (χ0) is 19.4. The lowest BCUT2D eigenvalue weighted by Crippen LogP contribution is -2.46. The Morgan fingerprint density at radius 2 is 2.04 bits per heavy atom. The minimum atomic E-state index is -0.0876. The van der Waals surface area contributed by atoms with Crippen LogP contribution in [0.4, 0.5) is 0 Å². The van der Waals surface area contributed by atoms with Crippen molar-refractivity contribution in [1.82, 2.24) is 9.80 Å². The average Bonchev–Trinajstić information content (AvgIpc) is 3.15. The van der Waals surface area contributed by atoms with Crippen LogP contribution >= 0.6 is 11.3 Å². The van der Waals surface area contributed by atoms with Gasteiger partial charge in [0.05, 0.1) is 6.04 Å². The molecule has 1 aromatic carbocycles. The number of carbonyl (C=O) groups excluding carboxylic acids is 2. The SMILES string of the molecule is C=CCN(CC(=O)N1CCc2sccc2[C@H]1c1ccc(C)cc1)C(=O)CC. The number of amides is 2. The van der Waals surface area contributed by atoms with Gasteiger partial charge in [-0.15, -0.1) is 17.9 Å². The first kappa shape index (κ1) is 19.4. The summed E-state index contributed by atoms with van der Waals surface area (Å²) in [6, 6.07) is 10.4. The molecule has 0 radical (unpaired) electrons. The lowest BCUT2D eigenvalue weighted by Gasteiger charge is -2.37. The summed E-state index contributed by atoms with van der Waals surface area (Å²) in [7, 11) is 0. The van der Waals surface area contributed by atoms with Gasteiger partial charge in [-0.25, -0.2) is 0 Å². The van der Waals surface area contributed by atoms with Gasteiger partial charge in [-0.05, 0) is 35.9 Å². The maximum Gasteiger partial charge on any atom is 0.243 e. The van der Waals surface area contributed by atoms with Crippen molar-refractivity contribution in [3.8, 4) is 0 Å². The van der Waals surface area contributed by atoms with E-state index < -0.39 is 0 Å². The van der Waals surface area contributed by atoms with E-state index in [0.717, 1.165) is 12.0 Å². The standard InChI is InChI=1S/C22H26N2O2S/c1-4-12-23(20(25)5-2)15-21(26)24-13-10-19-18(11-14-27-19)22(24)17-8-6-16(3)7-9-17/h4,6-9,11,14,22H,1,5,10,12-13,15H2,2-3H3/t22-/m1/s1. The Balaban J connectivity index is 1.90. The van der Waals surface area contributed by atoms with Crippen LogP contribution in [0.3, 0.4) is 0 Å². The molecule has 5 heteroatoms. The summed E-state index contributed by atoms with van der Waals surface area (Å²) >= 11 is 1.76. The number of hydrogen-bond donors (Lipinski definition) is 0. The van der Waals surface area contributed by atoms with Crippen molar-refractivity contribution in [3.63, 3.8) is 0 Å². The third kappa shape index (κ3) is 4.14. The van der Waals surface area contributed by atoms with Crippen LogP contribution in [-0.2, 0) is 16.0 Å². The highest BCUT2D eigenvalue weighted by Crippen LogP contribution is 2.37. The van der Waals surface area contributed by atoms with Crippen molar-refractivity contribution in [2.45, 2.75) is 32.7 Å². The highest BCUT2D eigenvalue weighted by atomic mass is 32.1. The summed E-state index contributed by atoms with van der Waals surface area (Å²) in [6.07, 6.45) is 2.92. The van der Waals surface area contributed by atoms with Gasteiger partial charge in [0.15, 0.2) is 0 Å². The molecule has 1 atom stereocenters. The van der Waals surface area contributed by atoms with Crippen molar-refractivity contribution in [1.29, 1.82) is 0 Å². The molecule has 0 unspecified atom stereocenters. The van der Waals surface area contributed by atoms with Crippen LogP contribution in [0.2, 0.25) is 0 Å². The highest BCUT2D eigenvalue weighted by Gasteiger charge is 2.33. The maximum atomic E-state index is 13.2. The average molecular weight is 383 g/mol. The predicted octanol–water partition coefficient (Wildman–Crippen LogP) is 3.96. The highest BCUT2D eigenvalue weighted by molar-refractivity contribution is 7.10. The van der Waals surface area contributed by atoms with Crippen LogP contribution < -0.4 is 0 Å². The second kappa shape index (κ2) is 8.53. The van der Waals surface area contributed by atoms with Crippen LogP contribution in [0, 0.1) is 6.92 Å². The van der Waals surface area contributed by atoms with Crippen molar-refractivity contribution >= 4 is 23.2 Å². The Morgan fingerprint density at radius 3 is 2.70 bits per heavy atom. The molecule has 1 aromatic heterocycles. The number of benzene rings is 1. The Hall–Kier alpha value is -2.40. The van der Waals surface area contributed by atoms with E-state index >= 15 is 0 Å². The molecule has 3 rings (SSSR count). The molecule has 2 heterocycles. The van der Waals surface area contributed by atoms with E-state index in [9.17, 15) is 9.59 Å². The van der Waals surface area contributed by atoms with E-state index in [1.807, 2.05) is 11.8 Å². The minimum Gasteiger partial charge on any atom is -0.330 e. The number of fused-ring (bicyclic) bond motifs is 1. The first-order valence-corrected chi connectivity index (χ1v) is 10.2. The van der Waals surface area contributed by atoms with E-state index in [1.54, 1.807) is 22.3 Å². The Kier molecular flexibility index (Phi) is 6.11. The number of nitrogens with zero attached hydrogens (tertiary/aromatic N) is 2. The third-order valence-corrected chi connectivity index (χ3v) is 6.01. The Labute approximate surface area is 165 Å². The molecule has 0 saturated heterocycles. The lowest BCUT2D eigenvalue weighted by atomic mass is 9.92. The van der Waals surface area contributed by atoms with Gasteiger partial charge in [0.25, 0.3) is 0 Å². The maximum absolute atomic E-state index is 13.2.